The van der Waals surface area contributed by atoms with Crippen molar-refractivity contribution in [1.82, 2.24) is 0 Å². The molecule has 1 radical (unpaired) electrons. The van der Waals surface area contributed by atoms with Crippen molar-refractivity contribution >= 4 is 0 Å². The minimum Gasteiger partial charge on any atom is -1.00 e. The van der Waals surface area contributed by atoms with Gasteiger partial charge in [0.25, 0.3) is 0 Å². The van der Waals surface area contributed by atoms with Crippen LogP contribution in [-0.2, 0) is 34.9 Å². The molecule has 0 N–H and O–H groups in total. The summed E-state index contributed by atoms with van der Waals surface area (Å²) in [5.41, 5.74) is 0. The summed E-state index contributed by atoms with van der Waals surface area (Å²) in [7, 11) is 0. The Kier molecular flexibility index (Phi) is 16.3. The van der Waals surface area contributed by atoms with Crippen LogP contribution in [0, 0.1) is 0 Å². The van der Waals surface area contributed by atoms with Crippen LogP contribution < -0.4 is 37.2 Å². The molecule has 0 atom stereocenters. The molecule has 82 valence electrons. The van der Waals surface area contributed by atoms with Gasteiger partial charge in [-0.05, 0) is 0 Å². The van der Waals surface area contributed by atoms with Gasteiger partial charge in [-0.2, -0.15) is 0 Å². The Balaban J connectivity index is -0.000000360. The molecule has 0 bridgehead atoms. The van der Waals surface area contributed by atoms with Crippen molar-refractivity contribution in [1.29, 1.82) is 0 Å². The van der Waals surface area contributed by atoms with Crippen molar-refractivity contribution in [3.63, 3.8) is 0 Å². The standard InChI is InChI=1S/2C5H5.3ClH.2V/c2*1-2-4-5-3-1;;;;;/h2*1-5H;3*1H;;/q;;;;;;+2/p-3. The topological polar surface area (TPSA) is 0 Å². The van der Waals surface area contributed by atoms with E-state index in [1.165, 1.54) is 0 Å². The van der Waals surface area contributed by atoms with Gasteiger partial charge in [0, 0.05) is 0 Å². The fourth-order valence-corrected chi connectivity index (χ4v) is 3.10. The summed E-state index contributed by atoms with van der Waals surface area (Å²) in [6.07, 6.45) is 17.8. The first-order valence-electron chi connectivity index (χ1n) is 3.85. The van der Waals surface area contributed by atoms with Gasteiger partial charge < -0.3 is 37.2 Å². The Morgan fingerprint density at radius 2 is 0.867 bits per heavy atom. The Bertz CT molecular complexity index is 209. The second-order valence-corrected chi connectivity index (χ2v) is 5.00. The molecule has 5 heteroatoms. The van der Waals surface area contributed by atoms with Crippen molar-refractivity contribution in [2.75, 3.05) is 0 Å². The molecule has 15 heavy (non-hydrogen) atoms. The van der Waals surface area contributed by atoms with Gasteiger partial charge in [-0.25, -0.2) is 0 Å². The maximum absolute atomic E-state index is 2.31. The molecular weight excluding hydrogens is 328 g/mol. The van der Waals surface area contributed by atoms with E-state index in [1.54, 1.807) is 0 Å². The van der Waals surface area contributed by atoms with Crippen LogP contribution in [0.3, 0.4) is 0 Å². The van der Waals surface area contributed by atoms with Crippen LogP contribution in [0.4, 0.5) is 0 Å². The zero-order chi connectivity index (χ0) is 7.52. The largest absolute Gasteiger partial charge is 2.00 e. The van der Waals surface area contributed by atoms with Crippen LogP contribution in [-0.4, -0.2) is 0 Å². The van der Waals surface area contributed by atoms with Crippen molar-refractivity contribution in [3.05, 3.63) is 48.6 Å². The van der Waals surface area contributed by atoms with Crippen molar-refractivity contribution in [2.45, 2.75) is 9.26 Å². The third kappa shape index (κ3) is 7.02. The van der Waals surface area contributed by atoms with E-state index in [2.05, 4.69) is 48.6 Å². The van der Waals surface area contributed by atoms with Crippen LogP contribution >= 0.6 is 0 Å². The van der Waals surface area contributed by atoms with Gasteiger partial charge >= 0.3 is 92.7 Å². The maximum Gasteiger partial charge on any atom is 2.00 e. The third-order valence-corrected chi connectivity index (χ3v) is 3.95. The molecule has 2 aliphatic rings. The summed E-state index contributed by atoms with van der Waals surface area (Å²) in [4.78, 5) is 0. The molecule has 0 fully saturated rings. The van der Waals surface area contributed by atoms with Crippen LogP contribution in [0.25, 0.3) is 0 Å². The molecule has 0 saturated carbocycles. The van der Waals surface area contributed by atoms with E-state index in [-0.39, 0.29) is 55.8 Å². The van der Waals surface area contributed by atoms with Gasteiger partial charge in [-0.3, -0.25) is 0 Å². The van der Waals surface area contributed by atoms with Crippen LogP contribution in [0.1, 0.15) is 0 Å². The number of allylic oxidation sites excluding steroid dienone is 8. The molecule has 0 aromatic rings. The predicted molar refractivity (Wildman–Crippen MR) is 44.1 cm³/mol. The molecule has 0 unspecified atom stereocenters. The molecule has 0 aromatic carbocycles. The summed E-state index contributed by atoms with van der Waals surface area (Å²) < 4.78 is 1.53. The average molecular weight is 338 g/mol. The van der Waals surface area contributed by atoms with Gasteiger partial charge in [0.05, 0.1) is 0 Å². The smallest absolute Gasteiger partial charge is 1.00 e. The number of rotatable bonds is 2. The molecule has 0 amide bonds. The van der Waals surface area contributed by atoms with E-state index in [0.717, 1.165) is 9.26 Å². The number of hydrogen-bond donors (Lipinski definition) is 0. The molecule has 0 nitrogen and oxygen atoms in total. The fourth-order valence-electron chi connectivity index (χ4n) is 1.24. The normalized spacial score (nSPS) is 16.3. The van der Waals surface area contributed by atoms with Crippen LogP contribution in [0.5, 0.6) is 0 Å². The van der Waals surface area contributed by atoms with Crippen molar-refractivity contribution in [3.8, 4) is 0 Å². The van der Waals surface area contributed by atoms with E-state index in [9.17, 15) is 0 Å². The Morgan fingerprint density at radius 3 is 1.13 bits per heavy atom. The molecule has 2 rings (SSSR count). The molecule has 0 spiro atoms. The third-order valence-electron chi connectivity index (χ3n) is 1.80. The Labute approximate surface area is 129 Å². The SMILES string of the molecule is C1=C[CH]([V][CH]2C=CC=C2)C=C1.[Cl-].[Cl-].[Cl-].[V+2]. The zero-order valence-electron chi connectivity index (χ0n) is 7.80. The second kappa shape index (κ2) is 11.5. The summed E-state index contributed by atoms with van der Waals surface area (Å²) >= 11 is 0.413. The van der Waals surface area contributed by atoms with Crippen LogP contribution in [0.2, 0.25) is 9.26 Å². The zero-order valence-corrected chi connectivity index (χ0v) is 12.9. The molecule has 0 saturated heterocycles. The van der Waals surface area contributed by atoms with E-state index >= 15 is 0 Å². The van der Waals surface area contributed by atoms with Crippen LogP contribution in [0.15, 0.2) is 48.6 Å². The molecular formula is C10H10Cl3V2-. The van der Waals surface area contributed by atoms with Crippen molar-refractivity contribution in [2.24, 2.45) is 0 Å². The summed E-state index contributed by atoms with van der Waals surface area (Å²) in [5, 5.41) is 0. The van der Waals surface area contributed by atoms with E-state index in [0.29, 0.717) is 16.3 Å². The predicted octanol–water partition coefficient (Wildman–Crippen LogP) is -6.09. The van der Waals surface area contributed by atoms with E-state index in [1.807, 2.05) is 0 Å². The first-order valence-corrected chi connectivity index (χ1v) is 5.46. The minimum absolute atomic E-state index is 0. The monoisotopic (exact) mass is 337 g/mol. The molecule has 0 aromatic heterocycles. The minimum atomic E-state index is 0. The Morgan fingerprint density at radius 1 is 0.600 bits per heavy atom. The fraction of sp³-hybridized carbons (Fsp3) is 0.200. The number of halogens is 3. The molecule has 2 aliphatic carbocycles. The quantitative estimate of drug-likeness (QED) is 0.470. The van der Waals surface area contributed by atoms with Crippen molar-refractivity contribution < 1.29 is 72.1 Å². The first-order chi connectivity index (χ1) is 5.45. The Hall–Kier alpha value is 0.999. The van der Waals surface area contributed by atoms with Gasteiger partial charge in [0.2, 0.25) is 0 Å². The summed E-state index contributed by atoms with van der Waals surface area (Å²) in [6, 6.07) is 0. The second-order valence-electron chi connectivity index (χ2n) is 2.67. The number of hydrogen-bond acceptors (Lipinski definition) is 0. The molecule has 0 heterocycles. The summed E-state index contributed by atoms with van der Waals surface area (Å²) in [6.45, 7) is 0. The maximum atomic E-state index is 2.31. The average Bonchev–Trinajstić information content (AvgIpc) is 2.60. The first kappa shape index (κ1) is 21.3. The van der Waals surface area contributed by atoms with E-state index < -0.39 is 0 Å². The van der Waals surface area contributed by atoms with Gasteiger partial charge in [-0.1, -0.05) is 0 Å². The van der Waals surface area contributed by atoms with Gasteiger partial charge in [0.15, 0.2) is 0 Å². The molecule has 0 aliphatic heterocycles. The van der Waals surface area contributed by atoms with Gasteiger partial charge in [0.1, 0.15) is 0 Å². The van der Waals surface area contributed by atoms with Gasteiger partial charge in [-0.15, -0.1) is 0 Å². The van der Waals surface area contributed by atoms with E-state index in [4.69, 9.17) is 0 Å². The summed E-state index contributed by atoms with van der Waals surface area (Å²) in [5.74, 6) is 0.